The minimum absolute atomic E-state index is 0.0426. The highest BCUT2D eigenvalue weighted by Crippen LogP contribution is 2.37. The van der Waals surface area contributed by atoms with Crippen molar-refractivity contribution < 1.29 is 13.5 Å². The number of hydrogen-bond acceptors (Lipinski definition) is 3. The molecule has 0 atom stereocenters. The molecule has 1 N–H and O–H groups in total. The summed E-state index contributed by atoms with van der Waals surface area (Å²) in [5.41, 5.74) is 0.465. The Labute approximate surface area is 134 Å². The van der Waals surface area contributed by atoms with Gasteiger partial charge in [-0.1, -0.05) is 42.0 Å². The Bertz CT molecular complexity index is 680. The summed E-state index contributed by atoms with van der Waals surface area (Å²) in [5, 5.41) is 8.77. The highest BCUT2D eigenvalue weighted by Gasteiger charge is 2.38. The number of nitrogens with zero attached hydrogens (tertiary/aromatic N) is 1. The molecule has 0 aliphatic heterocycles. The third-order valence-corrected chi connectivity index (χ3v) is 6.09. The van der Waals surface area contributed by atoms with Gasteiger partial charge in [-0.15, -0.1) is 0 Å². The summed E-state index contributed by atoms with van der Waals surface area (Å²) < 4.78 is 26.8. The zero-order chi connectivity index (χ0) is 15.6. The molecule has 0 heterocycles. The number of halogens is 2. The quantitative estimate of drug-likeness (QED) is 0.851. The molecule has 21 heavy (non-hydrogen) atoms. The van der Waals surface area contributed by atoms with Gasteiger partial charge in [0.05, 0.1) is 10.0 Å². The van der Waals surface area contributed by atoms with Crippen molar-refractivity contribution in [3.63, 3.8) is 0 Å². The van der Waals surface area contributed by atoms with E-state index < -0.39 is 10.0 Å². The standard InChI is InChI=1S/C14H15Cl2NO3S/c1-2-17(11-5-6-11)21(19,20)14-12(15)8-10(4-3-7-18)9-13(14)16/h8-9,11,18H,2,5-7H2,1H3. The van der Waals surface area contributed by atoms with Crippen LogP contribution in [-0.4, -0.2) is 37.0 Å². The second-order valence-corrected chi connectivity index (χ2v) is 7.31. The first-order valence-electron chi connectivity index (χ1n) is 6.52. The zero-order valence-corrected chi connectivity index (χ0v) is 13.8. The van der Waals surface area contributed by atoms with E-state index in [-0.39, 0.29) is 27.6 Å². The third-order valence-electron chi connectivity index (χ3n) is 3.14. The van der Waals surface area contributed by atoms with E-state index in [0.717, 1.165) is 12.8 Å². The second-order valence-electron chi connectivity index (χ2n) is 4.67. The van der Waals surface area contributed by atoms with Crippen molar-refractivity contribution in [2.75, 3.05) is 13.2 Å². The number of sulfonamides is 1. The number of aliphatic hydroxyl groups excluding tert-OH is 1. The molecule has 0 amide bonds. The van der Waals surface area contributed by atoms with Crippen LogP contribution in [0.1, 0.15) is 25.3 Å². The van der Waals surface area contributed by atoms with Crippen LogP contribution >= 0.6 is 23.2 Å². The number of hydrogen-bond donors (Lipinski definition) is 1. The molecule has 1 aromatic carbocycles. The van der Waals surface area contributed by atoms with Crippen LogP contribution in [0.4, 0.5) is 0 Å². The van der Waals surface area contributed by atoms with Crippen molar-refractivity contribution >= 4 is 33.2 Å². The lowest BCUT2D eigenvalue weighted by Gasteiger charge is -2.21. The molecule has 0 unspecified atom stereocenters. The van der Waals surface area contributed by atoms with E-state index in [2.05, 4.69) is 11.8 Å². The smallest absolute Gasteiger partial charge is 0.246 e. The first kappa shape index (κ1) is 16.6. The molecular weight excluding hydrogens is 333 g/mol. The minimum atomic E-state index is -3.71. The molecule has 0 spiro atoms. The Morgan fingerprint density at radius 3 is 2.33 bits per heavy atom. The van der Waals surface area contributed by atoms with Crippen molar-refractivity contribution in [1.29, 1.82) is 0 Å². The van der Waals surface area contributed by atoms with Crippen molar-refractivity contribution in [3.05, 3.63) is 27.7 Å². The van der Waals surface area contributed by atoms with Crippen molar-refractivity contribution in [2.45, 2.75) is 30.7 Å². The van der Waals surface area contributed by atoms with Gasteiger partial charge < -0.3 is 5.11 Å². The molecule has 1 saturated carbocycles. The summed E-state index contributed by atoms with van der Waals surface area (Å²) in [5.74, 6) is 5.12. The first-order valence-corrected chi connectivity index (χ1v) is 8.72. The molecule has 1 aliphatic rings. The Balaban J connectivity index is 2.48. The van der Waals surface area contributed by atoms with E-state index in [1.165, 1.54) is 16.4 Å². The average Bonchev–Trinajstić information content (AvgIpc) is 3.20. The molecule has 1 aliphatic carbocycles. The summed E-state index contributed by atoms with van der Waals surface area (Å²) in [4.78, 5) is -0.0749. The van der Waals surface area contributed by atoms with Crippen LogP contribution in [0.15, 0.2) is 17.0 Å². The molecule has 0 saturated heterocycles. The van der Waals surface area contributed by atoms with Gasteiger partial charge in [0, 0.05) is 18.2 Å². The predicted molar refractivity (Wildman–Crippen MR) is 83.0 cm³/mol. The lowest BCUT2D eigenvalue weighted by Crippen LogP contribution is -2.33. The van der Waals surface area contributed by atoms with Crippen LogP contribution in [-0.2, 0) is 10.0 Å². The maximum atomic E-state index is 12.7. The minimum Gasteiger partial charge on any atom is -0.384 e. The van der Waals surface area contributed by atoms with Crippen molar-refractivity contribution in [2.24, 2.45) is 0 Å². The van der Waals surface area contributed by atoms with Gasteiger partial charge in [-0.3, -0.25) is 0 Å². The maximum absolute atomic E-state index is 12.7. The van der Waals surface area contributed by atoms with Gasteiger partial charge >= 0.3 is 0 Å². The van der Waals surface area contributed by atoms with Crippen LogP contribution in [0.3, 0.4) is 0 Å². The van der Waals surface area contributed by atoms with Crippen LogP contribution in [0, 0.1) is 11.8 Å². The van der Waals surface area contributed by atoms with E-state index in [9.17, 15) is 8.42 Å². The van der Waals surface area contributed by atoms with Crippen LogP contribution in [0.2, 0.25) is 10.0 Å². The Morgan fingerprint density at radius 2 is 1.90 bits per heavy atom. The lowest BCUT2D eigenvalue weighted by molar-refractivity contribution is 0.350. The predicted octanol–water partition coefficient (Wildman–Crippen LogP) is 2.51. The first-order chi connectivity index (χ1) is 9.91. The summed E-state index contributed by atoms with van der Waals surface area (Å²) in [6.45, 7) is 1.88. The van der Waals surface area contributed by atoms with Crippen LogP contribution in [0.5, 0.6) is 0 Å². The Morgan fingerprint density at radius 1 is 1.33 bits per heavy atom. The molecule has 114 valence electrons. The lowest BCUT2D eigenvalue weighted by atomic mass is 10.2. The number of aliphatic hydroxyl groups is 1. The zero-order valence-electron chi connectivity index (χ0n) is 11.4. The number of rotatable bonds is 4. The summed E-state index contributed by atoms with van der Waals surface area (Å²) in [6, 6.07) is 2.94. The Hall–Kier alpha value is -0.770. The summed E-state index contributed by atoms with van der Waals surface area (Å²) in [6.07, 6.45) is 1.73. The molecule has 0 aromatic heterocycles. The van der Waals surface area contributed by atoms with Crippen LogP contribution < -0.4 is 0 Å². The van der Waals surface area contributed by atoms with Gasteiger partial charge in [0.15, 0.2) is 0 Å². The normalized spacial score (nSPS) is 14.9. The second kappa shape index (κ2) is 6.55. The third kappa shape index (κ3) is 3.53. The molecule has 1 aromatic rings. The van der Waals surface area contributed by atoms with E-state index in [0.29, 0.717) is 12.1 Å². The van der Waals surface area contributed by atoms with Gasteiger partial charge in [-0.25, -0.2) is 8.42 Å². The maximum Gasteiger partial charge on any atom is 0.246 e. The summed E-state index contributed by atoms with van der Waals surface area (Å²) in [7, 11) is -3.71. The van der Waals surface area contributed by atoms with Crippen molar-refractivity contribution in [1.82, 2.24) is 4.31 Å². The van der Waals surface area contributed by atoms with E-state index in [1.807, 2.05) is 0 Å². The fraction of sp³-hybridized carbons (Fsp3) is 0.429. The fourth-order valence-electron chi connectivity index (χ4n) is 2.12. The molecule has 4 nitrogen and oxygen atoms in total. The van der Waals surface area contributed by atoms with Crippen LogP contribution in [0.25, 0.3) is 0 Å². The van der Waals surface area contributed by atoms with Gasteiger partial charge in [-0.2, -0.15) is 4.31 Å². The van der Waals surface area contributed by atoms with Crippen molar-refractivity contribution in [3.8, 4) is 11.8 Å². The molecule has 2 rings (SSSR count). The fourth-order valence-corrected chi connectivity index (χ4v) is 4.98. The SMILES string of the molecule is CCN(C1CC1)S(=O)(=O)c1c(Cl)cc(C#CCO)cc1Cl. The van der Waals surface area contributed by atoms with Gasteiger partial charge in [0.1, 0.15) is 11.5 Å². The van der Waals surface area contributed by atoms with Gasteiger partial charge in [0.25, 0.3) is 0 Å². The summed E-state index contributed by atoms with van der Waals surface area (Å²) >= 11 is 12.2. The highest BCUT2D eigenvalue weighted by atomic mass is 35.5. The van der Waals surface area contributed by atoms with E-state index in [4.69, 9.17) is 28.3 Å². The molecular formula is C14H15Cl2NO3S. The monoisotopic (exact) mass is 347 g/mol. The molecule has 1 fully saturated rings. The molecule has 0 radical (unpaired) electrons. The van der Waals surface area contributed by atoms with Gasteiger partial charge in [-0.05, 0) is 25.0 Å². The average molecular weight is 348 g/mol. The highest BCUT2D eigenvalue weighted by molar-refractivity contribution is 7.89. The van der Waals surface area contributed by atoms with E-state index in [1.54, 1.807) is 6.92 Å². The largest absolute Gasteiger partial charge is 0.384 e. The number of benzene rings is 1. The Kier molecular flexibility index (Phi) is 5.18. The van der Waals surface area contributed by atoms with E-state index >= 15 is 0 Å². The molecule has 0 bridgehead atoms. The molecule has 7 heteroatoms. The topological polar surface area (TPSA) is 57.6 Å². The van der Waals surface area contributed by atoms with Gasteiger partial charge in [0.2, 0.25) is 10.0 Å².